The first kappa shape index (κ1) is 8.49. The Morgan fingerprint density at radius 2 is 2.45 bits per heavy atom. The van der Waals surface area contributed by atoms with Gasteiger partial charge in [0.15, 0.2) is 0 Å². The van der Waals surface area contributed by atoms with Crippen LogP contribution in [0.3, 0.4) is 0 Å². The molecule has 0 aromatic carbocycles. The molecule has 0 amide bonds. The number of cyclic esters (lactones) is 1. The number of aliphatic hydroxyl groups excluding tert-OH is 2. The van der Waals surface area contributed by atoms with Crippen molar-refractivity contribution in [1.82, 2.24) is 0 Å². The first-order valence-corrected chi connectivity index (χ1v) is 3.64. The summed E-state index contributed by atoms with van der Waals surface area (Å²) in [6.45, 7) is 1.39. The summed E-state index contributed by atoms with van der Waals surface area (Å²) in [5.74, 6) is -0.441. The second-order valence-electron chi connectivity index (χ2n) is 2.86. The molecule has 0 aromatic rings. The number of ether oxygens (including phenoxy) is 1. The maximum absolute atomic E-state index is 10.8. The van der Waals surface area contributed by atoms with E-state index in [4.69, 9.17) is 14.9 Å². The molecule has 1 aliphatic rings. The van der Waals surface area contributed by atoms with E-state index in [1.807, 2.05) is 0 Å². The number of rotatable bonds is 2. The van der Waals surface area contributed by atoms with Crippen LogP contribution in [0.15, 0.2) is 0 Å². The first-order valence-electron chi connectivity index (χ1n) is 3.64. The summed E-state index contributed by atoms with van der Waals surface area (Å²) in [7, 11) is 0. The second-order valence-corrected chi connectivity index (χ2v) is 2.86. The number of carbonyl (C=O) groups is 1. The number of esters is 1. The highest BCUT2D eigenvalue weighted by Gasteiger charge is 2.35. The number of carbonyl (C=O) groups excluding carboxylic acids is 1. The topological polar surface area (TPSA) is 66.8 Å². The first-order chi connectivity index (χ1) is 5.15. The van der Waals surface area contributed by atoms with Gasteiger partial charge in [0, 0.05) is 6.42 Å². The number of hydrogen-bond acceptors (Lipinski definition) is 4. The Kier molecular flexibility index (Phi) is 2.46. The van der Waals surface area contributed by atoms with Gasteiger partial charge in [-0.15, -0.1) is 0 Å². The van der Waals surface area contributed by atoms with E-state index in [9.17, 15) is 4.79 Å². The van der Waals surface area contributed by atoms with Gasteiger partial charge in [0.2, 0.25) is 0 Å². The Balaban J connectivity index is 2.46. The maximum atomic E-state index is 10.8. The molecule has 4 nitrogen and oxygen atoms in total. The van der Waals surface area contributed by atoms with Gasteiger partial charge in [-0.3, -0.25) is 4.79 Å². The molecule has 0 spiro atoms. The van der Waals surface area contributed by atoms with Crippen molar-refractivity contribution >= 4 is 5.97 Å². The lowest BCUT2D eigenvalue weighted by molar-refractivity contribution is -0.148. The van der Waals surface area contributed by atoms with Crippen molar-refractivity contribution < 1.29 is 19.7 Å². The molecular formula is C7H12O4. The van der Waals surface area contributed by atoms with E-state index in [-0.39, 0.29) is 18.5 Å². The highest BCUT2D eigenvalue weighted by Crippen LogP contribution is 2.22. The molecule has 2 N–H and O–H groups in total. The lowest BCUT2D eigenvalue weighted by Crippen LogP contribution is -2.28. The van der Waals surface area contributed by atoms with Gasteiger partial charge in [-0.05, 0) is 0 Å². The summed E-state index contributed by atoms with van der Waals surface area (Å²) in [6.07, 6.45) is -0.938. The monoisotopic (exact) mass is 160 g/mol. The Morgan fingerprint density at radius 3 is 2.82 bits per heavy atom. The Labute approximate surface area is 64.8 Å². The highest BCUT2D eigenvalue weighted by atomic mass is 16.6. The van der Waals surface area contributed by atoms with Gasteiger partial charge in [0.1, 0.15) is 12.2 Å². The molecule has 0 aliphatic carbocycles. The molecule has 1 saturated heterocycles. The van der Waals surface area contributed by atoms with Crippen LogP contribution in [-0.4, -0.2) is 35.0 Å². The van der Waals surface area contributed by atoms with Crippen LogP contribution in [0, 0.1) is 5.92 Å². The Hall–Kier alpha value is -0.610. The fourth-order valence-electron chi connectivity index (χ4n) is 1.11. The molecular weight excluding hydrogens is 148 g/mol. The van der Waals surface area contributed by atoms with E-state index in [2.05, 4.69) is 0 Å². The van der Waals surface area contributed by atoms with E-state index in [0.29, 0.717) is 6.42 Å². The zero-order chi connectivity index (χ0) is 8.43. The second kappa shape index (κ2) is 3.19. The van der Waals surface area contributed by atoms with Crippen LogP contribution in [0.5, 0.6) is 0 Å². The molecule has 0 unspecified atom stereocenters. The molecule has 3 atom stereocenters. The van der Waals surface area contributed by atoms with Gasteiger partial charge >= 0.3 is 5.97 Å². The van der Waals surface area contributed by atoms with Gasteiger partial charge in [0.05, 0.1) is 12.5 Å². The minimum absolute atomic E-state index is 0.152. The minimum Gasteiger partial charge on any atom is -0.459 e. The third-order valence-corrected chi connectivity index (χ3v) is 1.87. The van der Waals surface area contributed by atoms with Crippen LogP contribution in [0.25, 0.3) is 0 Å². The SMILES string of the molecule is C[C@@H]1C[C@@H]([C@H](O)CO)OC1=O. The lowest BCUT2D eigenvalue weighted by atomic mass is 10.0. The molecule has 64 valence electrons. The van der Waals surface area contributed by atoms with E-state index < -0.39 is 12.2 Å². The van der Waals surface area contributed by atoms with Gasteiger partial charge in [-0.2, -0.15) is 0 Å². The average molecular weight is 160 g/mol. The van der Waals surface area contributed by atoms with Crippen LogP contribution < -0.4 is 0 Å². The smallest absolute Gasteiger partial charge is 0.309 e. The van der Waals surface area contributed by atoms with Crippen molar-refractivity contribution in [3.63, 3.8) is 0 Å². The maximum Gasteiger partial charge on any atom is 0.309 e. The molecule has 1 heterocycles. The molecule has 0 bridgehead atoms. The van der Waals surface area contributed by atoms with E-state index in [0.717, 1.165) is 0 Å². The molecule has 0 radical (unpaired) electrons. The summed E-state index contributed by atoms with van der Waals surface area (Å²) in [5.41, 5.74) is 0. The summed E-state index contributed by atoms with van der Waals surface area (Å²) in [4.78, 5) is 10.8. The summed E-state index contributed by atoms with van der Waals surface area (Å²) < 4.78 is 4.78. The molecule has 11 heavy (non-hydrogen) atoms. The van der Waals surface area contributed by atoms with Crippen molar-refractivity contribution in [3.05, 3.63) is 0 Å². The van der Waals surface area contributed by atoms with E-state index in [1.54, 1.807) is 6.92 Å². The molecule has 4 heteroatoms. The summed E-state index contributed by atoms with van der Waals surface area (Å²) >= 11 is 0. The normalized spacial score (nSPS) is 33.5. The lowest BCUT2D eigenvalue weighted by Gasteiger charge is -2.13. The predicted molar refractivity (Wildman–Crippen MR) is 36.8 cm³/mol. The molecule has 1 fully saturated rings. The molecule has 1 rings (SSSR count). The predicted octanol–water partition coefficient (Wildman–Crippen LogP) is -0.709. The minimum atomic E-state index is -0.927. The van der Waals surface area contributed by atoms with Gasteiger partial charge < -0.3 is 14.9 Å². The van der Waals surface area contributed by atoms with Crippen LogP contribution in [0.1, 0.15) is 13.3 Å². The fourth-order valence-corrected chi connectivity index (χ4v) is 1.11. The third-order valence-electron chi connectivity index (χ3n) is 1.87. The largest absolute Gasteiger partial charge is 0.459 e. The van der Waals surface area contributed by atoms with Crippen LogP contribution in [0.4, 0.5) is 0 Å². The quantitative estimate of drug-likeness (QED) is 0.524. The zero-order valence-corrected chi connectivity index (χ0v) is 6.36. The standard InChI is InChI=1S/C7H12O4/c1-4-2-6(5(9)3-8)11-7(4)10/h4-6,8-9H,2-3H2,1H3/t4-,5-,6+/m1/s1. The van der Waals surface area contributed by atoms with Crippen molar-refractivity contribution in [2.24, 2.45) is 5.92 Å². The Morgan fingerprint density at radius 1 is 1.82 bits per heavy atom. The van der Waals surface area contributed by atoms with Crippen molar-refractivity contribution in [1.29, 1.82) is 0 Å². The number of aliphatic hydroxyl groups is 2. The summed E-state index contributed by atoms with van der Waals surface area (Å²) in [6, 6.07) is 0. The highest BCUT2D eigenvalue weighted by molar-refractivity contribution is 5.74. The molecule has 1 aliphatic heterocycles. The molecule has 0 aromatic heterocycles. The van der Waals surface area contributed by atoms with Crippen molar-refractivity contribution in [2.75, 3.05) is 6.61 Å². The van der Waals surface area contributed by atoms with Crippen LogP contribution >= 0.6 is 0 Å². The van der Waals surface area contributed by atoms with Gasteiger partial charge in [-0.1, -0.05) is 6.92 Å². The van der Waals surface area contributed by atoms with Crippen molar-refractivity contribution in [3.8, 4) is 0 Å². The van der Waals surface area contributed by atoms with Crippen LogP contribution in [-0.2, 0) is 9.53 Å². The van der Waals surface area contributed by atoms with Crippen LogP contribution in [0.2, 0.25) is 0 Å². The van der Waals surface area contributed by atoms with Gasteiger partial charge in [-0.25, -0.2) is 0 Å². The van der Waals surface area contributed by atoms with Crippen molar-refractivity contribution in [2.45, 2.75) is 25.6 Å². The Bertz CT molecular complexity index is 157. The van der Waals surface area contributed by atoms with E-state index in [1.165, 1.54) is 0 Å². The summed E-state index contributed by atoms with van der Waals surface area (Å²) in [5, 5.41) is 17.6. The van der Waals surface area contributed by atoms with E-state index >= 15 is 0 Å². The average Bonchev–Trinajstić information content (AvgIpc) is 2.31. The van der Waals surface area contributed by atoms with Gasteiger partial charge in [0.25, 0.3) is 0 Å². The number of hydrogen-bond donors (Lipinski definition) is 2. The molecule has 0 saturated carbocycles. The fraction of sp³-hybridized carbons (Fsp3) is 0.857. The zero-order valence-electron chi connectivity index (χ0n) is 6.36. The third kappa shape index (κ3) is 1.70.